The molecule has 0 atom stereocenters. The van der Waals surface area contributed by atoms with Crippen LogP contribution in [-0.2, 0) is 0 Å². The topological polar surface area (TPSA) is 16.4 Å². The molecule has 0 aliphatic carbocycles. The molecule has 2 heterocycles. The summed E-state index contributed by atoms with van der Waals surface area (Å²) in [6.07, 6.45) is 0. The fourth-order valence-electron chi connectivity index (χ4n) is 6.39. The molecule has 0 unspecified atom stereocenters. The van der Waals surface area contributed by atoms with Gasteiger partial charge in [-0.05, 0) is 70.4 Å². The highest BCUT2D eigenvalue weighted by molar-refractivity contribution is 7.26. The zero-order chi connectivity index (χ0) is 28.3. The number of fused-ring (bicyclic) bond motifs is 8. The highest BCUT2D eigenvalue weighted by Gasteiger charge is 2.17. The molecule has 0 saturated heterocycles. The Morgan fingerprint density at radius 2 is 1.09 bits per heavy atom. The SMILES string of the molecule is c1ccc(-c2cccc(N(c3ccc4c(ccc5c6ccccc6sc45)c3)c3ccc4c(c3)oc3ccccc34)c2)cc1. The molecule has 43 heavy (non-hydrogen) atoms. The molecule has 7 aromatic carbocycles. The van der Waals surface area contributed by atoms with E-state index in [0.29, 0.717) is 0 Å². The lowest BCUT2D eigenvalue weighted by molar-refractivity contribution is 0.669. The van der Waals surface area contributed by atoms with E-state index in [0.717, 1.165) is 39.0 Å². The summed E-state index contributed by atoms with van der Waals surface area (Å²) in [7, 11) is 0. The van der Waals surface area contributed by atoms with Crippen molar-refractivity contribution in [2.45, 2.75) is 0 Å². The minimum Gasteiger partial charge on any atom is -0.456 e. The molecular weight excluding hydrogens is 543 g/mol. The van der Waals surface area contributed by atoms with Gasteiger partial charge in [-0.3, -0.25) is 0 Å². The standard InChI is InChI=1S/C40H25NOS/c1-2-9-26(10-3-1)27-11-8-12-29(23-27)41(31-19-22-34-33-13-4-6-15-37(33)42-38(34)25-31)30-18-21-32-28(24-30)17-20-36-35-14-5-7-16-39(35)43-40(32)36/h1-25H. The van der Waals surface area contributed by atoms with Gasteiger partial charge in [0.15, 0.2) is 0 Å². The normalized spacial score (nSPS) is 11.7. The predicted molar refractivity (Wildman–Crippen MR) is 184 cm³/mol. The van der Waals surface area contributed by atoms with Gasteiger partial charge >= 0.3 is 0 Å². The van der Waals surface area contributed by atoms with Crippen molar-refractivity contribution in [3.63, 3.8) is 0 Å². The molecule has 0 saturated carbocycles. The lowest BCUT2D eigenvalue weighted by Gasteiger charge is -2.26. The monoisotopic (exact) mass is 567 g/mol. The molecule has 202 valence electrons. The predicted octanol–water partition coefficient (Wildman–Crippen LogP) is 12.2. The van der Waals surface area contributed by atoms with E-state index in [1.807, 2.05) is 23.5 Å². The van der Waals surface area contributed by atoms with Crippen molar-refractivity contribution >= 4 is 81.3 Å². The third-order valence-electron chi connectivity index (χ3n) is 8.43. The van der Waals surface area contributed by atoms with Crippen LogP contribution in [0.5, 0.6) is 0 Å². The number of anilines is 3. The third kappa shape index (κ3) is 3.93. The van der Waals surface area contributed by atoms with Gasteiger partial charge in [0.1, 0.15) is 11.2 Å². The van der Waals surface area contributed by atoms with E-state index in [4.69, 9.17) is 4.42 Å². The first-order valence-electron chi connectivity index (χ1n) is 14.5. The maximum atomic E-state index is 6.33. The summed E-state index contributed by atoms with van der Waals surface area (Å²) in [6, 6.07) is 54.3. The molecule has 0 N–H and O–H groups in total. The van der Waals surface area contributed by atoms with Gasteiger partial charge in [0.25, 0.3) is 0 Å². The first kappa shape index (κ1) is 24.2. The molecular formula is C40H25NOS. The molecule has 9 rings (SSSR count). The number of hydrogen-bond donors (Lipinski definition) is 0. The number of furan rings is 1. The number of nitrogens with zero attached hydrogens (tertiary/aromatic N) is 1. The van der Waals surface area contributed by atoms with Crippen LogP contribution in [-0.4, -0.2) is 0 Å². The summed E-state index contributed by atoms with van der Waals surface area (Å²) in [4.78, 5) is 2.34. The van der Waals surface area contributed by atoms with E-state index >= 15 is 0 Å². The Kier molecular flexibility index (Phi) is 5.40. The Morgan fingerprint density at radius 1 is 0.419 bits per heavy atom. The van der Waals surface area contributed by atoms with Gasteiger partial charge in [0.05, 0.1) is 0 Å². The Bertz CT molecular complexity index is 2470. The van der Waals surface area contributed by atoms with Crippen molar-refractivity contribution in [2.24, 2.45) is 0 Å². The summed E-state index contributed by atoms with van der Waals surface area (Å²) in [6.45, 7) is 0. The Balaban J connectivity index is 1.25. The number of rotatable bonds is 4. The second-order valence-corrected chi connectivity index (χ2v) is 12.0. The zero-order valence-electron chi connectivity index (χ0n) is 23.2. The highest BCUT2D eigenvalue weighted by Crippen LogP contribution is 2.43. The van der Waals surface area contributed by atoms with Crippen LogP contribution in [0.3, 0.4) is 0 Å². The summed E-state index contributed by atoms with van der Waals surface area (Å²) in [5.74, 6) is 0. The molecule has 2 aromatic heterocycles. The number of thiophene rings is 1. The summed E-state index contributed by atoms with van der Waals surface area (Å²) < 4.78 is 9.00. The van der Waals surface area contributed by atoms with Crippen LogP contribution >= 0.6 is 11.3 Å². The van der Waals surface area contributed by atoms with Gasteiger partial charge < -0.3 is 9.32 Å². The Morgan fingerprint density at radius 3 is 2.00 bits per heavy atom. The minimum absolute atomic E-state index is 0.885. The van der Waals surface area contributed by atoms with Crippen molar-refractivity contribution in [2.75, 3.05) is 4.90 Å². The van der Waals surface area contributed by atoms with Crippen molar-refractivity contribution in [1.29, 1.82) is 0 Å². The van der Waals surface area contributed by atoms with Crippen LogP contribution in [0.15, 0.2) is 156 Å². The summed E-state index contributed by atoms with van der Waals surface area (Å²) in [5.41, 5.74) is 7.43. The van der Waals surface area contributed by atoms with Gasteiger partial charge in [0, 0.05) is 54.1 Å². The maximum Gasteiger partial charge on any atom is 0.137 e. The largest absolute Gasteiger partial charge is 0.456 e. The average Bonchev–Trinajstić information content (AvgIpc) is 3.64. The molecule has 3 heteroatoms. The van der Waals surface area contributed by atoms with Gasteiger partial charge in [-0.1, -0.05) is 97.1 Å². The maximum absolute atomic E-state index is 6.33. The van der Waals surface area contributed by atoms with Crippen LogP contribution < -0.4 is 4.90 Å². The van der Waals surface area contributed by atoms with Crippen LogP contribution in [0, 0.1) is 0 Å². The molecule has 0 radical (unpaired) electrons. The van der Waals surface area contributed by atoms with Crippen LogP contribution in [0.1, 0.15) is 0 Å². The number of benzene rings is 7. The van der Waals surface area contributed by atoms with E-state index in [1.165, 1.54) is 42.1 Å². The van der Waals surface area contributed by atoms with Crippen molar-refractivity contribution in [1.82, 2.24) is 0 Å². The summed E-state index contributed by atoms with van der Waals surface area (Å²) >= 11 is 1.88. The quantitative estimate of drug-likeness (QED) is 0.210. The van der Waals surface area contributed by atoms with Crippen LogP contribution in [0.2, 0.25) is 0 Å². The van der Waals surface area contributed by atoms with Crippen molar-refractivity contribution in [3.05, 3.63) is 152 Å². The van der Waals surface area contributed by atoms with Gasteiger partial charge in [-0.25, -0.2) is 0 Å². The lowest BCUT2D eigenvalue weighted by atomic mass is 10.0. The van der Waals surface area contributed by atoms with E-state index in [9.17, 15) is 0 Å². The van der Waals surface area contributed by atoms with Crippen LogP contribution in [0.25, 0.3) is 64.0 Å². The lowest BCUT2D eigenvalue weighted by Crippen LogP contribution is -2.10. The van der Waals surface area contributed by atoms with E-state index in [2.05, 4.69) is 144 Å². The Labute approximate surface area is 252 Å². The fourth-order valence-corrected chi connectivity index (χ4v) is 7.63. The van der Waals surface area contributed by atoms with Crippen molar-refractivity contribution < 1.29 is 4.42 Å². The second kappa shape index (κ2) is 9.59. The first-order chi connectivity index (χ1) is 21.3. The molecule has 9 aromatic rings. The van der Waals surface area contributed by atoms with E-state index in [-0.39, 0.29) is 0 Å². The van der Waals surface area contributed by atoms with Gasteiger partial charge in [0.2, 0.25) is 0 Å². The smallest absolute Gasteiger partial charge is 0.137 e. The highest BCUT2D eigenvalue weighted by atomic mass is 32.1. The third-order valence-corrected chi connectivity index (χ3v) is 9.65. The first-order valence-corrected chi connectivity index (χ1v) is 15.3. The second-order valence-electron chi connectivity index (χ2n) is 11.0. The molecule has 0 aliphatic heterocycles. The van der Waals surface area contributed by atoms with Crippen molar-refractivity contribution in [3.8, 4) is 11.1 Å². The minimum atomic E-state index is 0.885. The average molecular weight is 568 g/mol. The molecule has 0 spiro atoms. The molecule has 0 fully saturated rings. The van der Waals surface area contributed by atoms with Crippen LogP contribution in [0.4, 0.5) is 17.1 Å². The summed E-state index contributed by atoms with van der Waals surface area (Å²) in [5, 5.41) is 7.43. The fraction of sp³-hybridized carbons (Fsp3) is 0. The molecule has 0 bridgehead atoms. The van der Waals surface area contributed by atoms with Gasteiger partial charge in [-0.15, -0.1) is 11.3 Å². The zero-order valence-corrected chi connectivity index (χ0v) is 24.0. The van der Waals surface area contributed by atoms with E-state index in [1.54, 1.807) is 0 Å². The van der Waals surface area contributed by atoms with Gasteiger partial charge in [-0.2, -0.15) is 0 Å². The molecule has 2 nitrogen and oxygen atoms in total. The molecule has 0 amide bonds. The number of para-hydroxylation sites is 1. The Hall–Kier alpha value is -5.38. The molecule has 0 aliphatic rings. The van der Waals surface area contributed by atoms with E-state index < -0.39 is 0 Å². The number of hydrogen-bond acceptors (Lipinski definition) is 3.